The number of carbonyl (C=O) groups excluding carboxylic acids is 2. The van der Waals surface area contributed by atoms with Crippen molar-refractivity contribution < 1.29 is 14.3 Å². The first-order valence-corrected chi connectivity index (χ1v) is 6.65. The van der Waals surface area contributed by atoms with Gasteiger partial charge in [-0.3, -0.25) is 14.4 Å². The normalized spacial score (nSPS) is 19.2. The van der Waals surface area contributed by atoms with Gasteiger partial charge in [0.05, 0.1) is 11.1 Å². The minimum Gasteiger partial charge on any atom is -0.479 e. The van der Waals surface area contributed by atoms with Crippen molar-refractivity contribution in [1.82, 2.24) is 4.57 Å². The van der Waals surface area contributed by atoms with Gasteiger partial charge in [-0.2, -0.15) is 0 Å². The Bertz CT molecular complexity index is 821. The molecule has 0 fully saturated rings. The van der Waals surface area contributed by atoms with E-state index in [0.717, 1.165) is 0 Å². The summed E-state index contributed by atoms with van der Waals surface area (Å²) in [6.07, 6.45) is 3.34. The zero-order chi connectivity index (χ0) is 15.5. The molecule has 0 aromatic carbocycles. The highest BCUT2D eigenvalue weighted by Gasteiger charge is 2.39. The Morgan fingerprint density at radius 1 is 1.14 bits per heavy atom. The first-order chi connectivity index (χ1) is 9.73. The van der Waals surface area contributed by atoms with Crippen LogP contribution < -0.4 is 5.56 Å². The summed E-state index contributed by atoms with van der Waals surface area (Å²) in [6.45, 7) is 5.28. The van der Waals surface area contributed by atoms with Crippen LogP contribution in [0.15, 0.2) is 34.3 Å². The van der Waals surface area contributed by atoms with Gasteiger partial charge < -0.3 is 9.30 Å². The van der Waals surface area contributed by atoms with E-state index in [1.54, 1.807) is 19.1 Å². The molecule has 108 valence electrons. The van der Waals surface area contributed by atoms with Gasteiger partial charge in [-0.25, -0.2) is 0 Å². The summed E-state index contributed by atoms with van der Waals surface area (Å²) in [5, 5.41) is 0. The summed E-state index contributed by atoms with van der Waals surface area (Å²) >= 11 is 0. The molecule has 5 heteroatoms. The lowest BCUT2D eigenvalue weighted by molar-refractivity contribution is 0.0541. The van der Waals surface area contributed by atoms with Gasteiger partial charge in [0.15, 0.2) is 5.76 Å². The molecule has 0 radical (unpaired) electrons. The van der Waals surface area contributed by atoms with Crippen LogP contribution in [-0.2, 0) is 11.8 Å². The van der Waals surface area contributed by atoms with Crippen molar-refractivity contribution in [2.45, 2.75) is 26.4 Å². The quantitative estimate of drug-likeness (QED) is 0.727. The Labute approximate surface area is 121 Å². The largest absolute Gasteiger partial charge is 0.479 e. The molecule has 0 N–H and O–H groups in total. The number of aryl methyl sites for hydroxylation is 1. The van der Waals surface area contributed by atoms with E-state index in [-0.39, 0.29) is 39.7 Å². The molecule has 1 aromatic rings. The molecular weight excluding hydrogens is 270 g/mol. The number of hydrogen-bond acceptors (Lipinski definition) is 4. The third-order valence-electron chi connectivity index (χ3n) is 3.79. The molecule has 0 saturated heterocycles. The standard InChI is InChI=1S/C16H15NO4/c1-8-7-10(18)17(4)12-11(8)14(20)15-9(13(12)19)5-6-16(2,3)21-15/h5-7H,1-4H3. The Morgan fingerprint density at radius 2 is 1.81 bits per heavy atom. The third-order valence-corrected chi connectivity index (χ3v) is 3.79. The smallest absolute Gasteiger partial charge is 0.251 e. The molecule has 0 atom stereocenters. The molecule has 3 rings (SSSR count). The summed E-state index contributed by atoms with van der Waals surface area (Å²) in [5.41, 5.74) is 0.156. The maximum atomic E-state index is 12.7. The van der Waals surface area contributed by atoms with Crippen molar-refractivity contribution in [2.75, 3.05) is 0 Å². The molecule has 0 saturated carbocycles. The number of Topliss-reactive ketones (excluding diaryl/α,β-unsaturated/α-hetero) is 2. The van der Waals surface area contributed by atoms with Crippen molar-refractivity contribution in [1.29, 1.82) is 0 Å². The Morgan fingerprint density at radius 3 is 2.48 bits per heavy atom. The van der Waals surface area contributed by atoms with Crippen molar-refractivity contribution >= 4 is 11.6 Å². The molecule has 1 aliphatic heterocycles. The molecule has 0 spiro atoms. The van der Waals surface area contributed by atoms with E-state index < -0.39 is 5.60 Å². The molecule has 0 unspecified atom stereocenters. The van der Waals surface area contributed by atoms with E-state index in [2.05, 4.69) is 0 Å². The van der Waals surface area contributed by atoms with E-state index >= 15 is 0 Å². The van der Waals surface area contributed by atoms with Crippen molar-refractivity contribution in [2.24, 2.45) is 7.05 Å². The molecule has 5 nitrogen and oxygen atoms in total. The summed E-state index contributed by atoms with van der Waals surface area (Å²) in [5.74, 6) is -0.624. The van der Waals surface area contributed by atoms with Crippen LogP contribution in [0.2, 0.25) is 0 Å². The number of hydrogen-bond donors (Lipinski definition) is 0. The van der Waals surface area contributed by atoms with Gasteiger partial charge in [0.25, 0.3) is 5.56 Å². The lowest BCUT2D eigenvalue weighted by Crippen LogP contribution is -2.37. The number of allylic oxidation sites excluding steroid dienone is 3. The van der Waals surface area contributed by atoms with Gasteiger partial charge in [0.1, 0.15) is 11.3 Å². The highest BCUT2D eigenvalue weighted by atomic mass is 16.5. The zero-order valence-corrected chi connectivity index (χ0v) is 12.3. The fourth-order valence-electron chi connectivity index (χ4n) is 2.67. The number of ketones is 2. The monoisotopic (exact) mass is 285 g/mol. The van der Waals surface area contributed by atoms with Gasteiger partial charge >= 0.3 is 0 Å². The Hall–Kier alpha value is -2.43. The fraction of sp³-hybridized carbons (Fsp3) is 0.312. The first kappa shape index (κ1) is 13.5. The lowest BCUT2D eigenvalue weighted by atomic mass is 9.86. The van der Waals surface area contributed by atoms with Gasteiger partial charge in [0, 0.05) is 13.1 Å². The van der Waals surface area contributed by atoms with Gasteiger partial charge in [-0.05, 0) is 38.5 Å². The maximum Gasteiger partial charge on any atom is 0.251 e. The van der Waals surface area contributed by atoms with E-state index in [4.69, 9.17) is 4.74 Å². The SMILES string of the molecule is Cc1cc(=O)n(C)c2c1C(=O)C1=C(C=CC(C)(C)O1)C2=O. The number of fused-ring (bicyclic) bond motifs is 1. The second-order valence-electron chi connectivity index (χ2n) is 5.89. The summed E-state index contributed by atoms with van der Waals surface area (Å²) in [7, 11) is 1.49. The van der Waals surface area contributed by atoms with Crippen LogP contribution in [0, 0.1) is 6.92 Å². The van der Waals surface area contributed by atoms with Crippen molar-refractivity contribution in [3.63, 3.8) is 0 Å². The van der Waals surface area contributed by atoms with E-state index in [1.807, 2.05) is 13.8 Å². The first-order valence-electron chi connectivity index (χ1n) is 6.65. The minimum absolute atomic E-state index is 0.0711. The van der Waals surface area contributed by atoms with Gasteiger partial charge in [-0.15, -0.1) is 0 Å². The molecular formula is C16H15NO4. The van der Waals surface area contributed by atoms with Crippen molar-refractivity contribution in [3.8, 4) is 0 Å². The van der Waals surface area contributed by atoms with Gasteiger partial charge in [0.2, 0.25) is 11.6 Å². The molecule has 0 amide bonds. The highest BCUT2D eigenvalue weighted by Crippen LogP contribution is 2.34. The number of carbonyl (C=O) groups is 2. The van der Waals surface area contributed by atoms with Crippen LogP contribution in [-0.4, -0.2) is 21.7 Å². The summed E-state index contributed by atoms with van der Waals surface area (Å²) in [4.78, 5) is 37.2. The van der Waals surface area contributed by atoms with Crippen LogP contribution in [0.25, 0.3) is 0 Å². The number of ether oxygens (including phenoxy) is 1. The van der Waals surface area contributed by atoms with Gasteiger partial charge in [-0.1, -0.05) is 0 Å². The fourth-order valence-corrected chi connectivity index (χ4v) is 2.67. The Balaban J connectivity index is 2.32. The highest BCUT2D eigenvalue weighted by molar-refractivity contribution is 6.27. The average Bonchev–Trinajstić information content (AvgIpc) is 2.39. The zero-order valence-electron chi connectivity index (χ0n) is 12.3. The molecule has 1 aromatic heterocycles. The Kier molecular flexibility index (Phi) is 2.60. The number of pyridine rings is 1. The predicted molar refractivity (Wildman–Crippen MR) is 76.4 cm³/mol. The molecule has 0 bridgehead atoms. The van der Waals surface area contributed by atoms with Crippen LogP contribution in [0.4, 0.5) is 0 Å². The van der Waals surface area contributed by atoms with Crippen LogP contribution in [0.3, 0.4) is 0 Å². The molecule has 21 heavy (non-hydrogen) atoms. The predicted octanol–water partition coefficient (Wildman–Crippen LogP) is 1.69. The summed E-state index contributed by atoms with van der Waals surface area (Å²) in [6, 6.07) is 1.36. The number of nitrogens with zero attached hydrogens (tertiary/aromatic N) is 1. The van der Waals surface area contributed by atoms with E-state index in [9.17, 15) is 14.4 Å². The average molecular weight is 285 g/mol. The van der Waals surface area contributed by atoms with Crippen molar-refractivity contribution in [3.05, 3.63) is 56.7 Å². The molecule has 2 aliphatic rings. The lowest BCUT2D eigenvalue weighted by Gasteiger charge is -2.32. The van der Waals surface area contributed by atoms with Crippen LogP contribution in [0.5, 0.6) is 0 Å². The van der Waals surface area contributed by atoms with Crippen LogP contribution >= 0.6 is 0 Å². The maximum absolute atomic E-state index is 12.7. The number of aromatic nitrogens is 1. The second-order valence-corrected chi connectivity index (χ2v) is 5.89. The topological polar surface area (TPSA) is 65.4 Å². The van der Waals surface area contributed by atoms with E-state index in [1.165, 1.54) is 17.7 Å². The molecule has 1 aliphatic carbocycles. The van der Waals surface area contributed by atoms with Crippen LogP contribution in [0.1, 0.15) is 40.3 Å². The minimum atomic E-state index is -0.638. The molecule has 2 heterocycles. The van der Waals surface area contributed by atoms with E-state index in [0.29, 0.717) is 5.56 Å². The summed E-state index contributed by atoms with van der Waals surface area (Å²) < 4.78 is 6.90. The second kappa shape index (κ2) is 4.04. The third kappa shape index (κ3) is 1.81. The number of rotatable bonds is 0.